The maximum absolute atomic E-state index is 13.9. The molecule has 23 heavy (non-hydrogen) atoms. The minimum absolute atomic E-state index is 0.0549. The summed E-state index contributed by atoms with van der Waals surface area (Å²) in [7, 11) is -3.45. The van der Waals surface area contributed by atoms with Crippen LogP contribution in [-0.2, 0) is 14.8 Å². The Morgan fingerprint density at radius 3 is 2.30 bits per heavy atom. The minimum Gasteiger partial charge on any atom is -0.497 e. The van der Waals surface area contributed by atoms with E-state index in [0.717, 1.165) is 12.1 Å². The molecule has 0 heterocycles. The summed E-state index contributed by atoms with van der Waals surface area (Å²) < 4.78 is 58.6. The number of hydrogen-bond donors (Lipinski definition) is 1. The third-order valence-electron chi connectivity index (χ3n) is 3.80. The molecule has 0 bridgehead atoms. The first-order valence-corrected chi connectivity index (χ1v) is 8.49. The van der Waals surface area contributed by atoms with Gasteiger partial charge in [0.2, 0.25) is 5.91 Å². The normalized spacial score (nSPS) is 21.0. The van der Waals surface area contributed by atoms with Crippen LogP contribution in [0.3, 0.4) is 0 Å². The molecule has 0 unspecified atom stereocenters. The van der Waals surface area contributed by atoms with E-state index in [1.807, 2.05) is 13.0 Å². The topological polar surface area (TPSA) is 72.5 Å². The fourth-order valence-electron chi connectivity index (χ4n) is 2.49. The van der Waals surface area contributed by atoms with Gasteiger partial charge in [-0.2, -0.15) is 0 Å². The van der Waals surface area contributed by atoms with Gasteiger partial charge < -0.3 is 4.74 Å². The quantitative estimate of drug-likeness (QED) is 0.851. The van der Waals surface area contributed by atoms with Crippen molar-refractivity contribution in [2.75, 3.05) is 7.11 Å². The smallest absolute Gasteiger partial charge is 0.269 e. The molecule has 0 saturated carbocycles. The Kier molecular flexibility index (Phi) is 5.03. The molecule has 1 aromatic rings. The zero-order chi connectivity index (χ0) is 17.2. The fourth-order valence-corrected chi connectivity index (χ4v) is 3.64. The number of rotatable bonds is 4. The Morgan fingerprint density at radius 1 is 1.22 bits per heavy atom. The monoisotopic (exact) mass is 345 g/mol. The van der Waals surface area contributed by atoms with Gasteiger partial charge in [0.25, 0.3) is 10.0 Å². The summed E-state index contributed by atoms with van der Waals surface area (Å²) in [6.45, 7) is 1.81. The van der Waals surface area contributed by atoms with Crippen LogP contribution in [0, 0.1) is 23.5 Å². The maximum Gasteiger partial charge on any atom is 0.269 e. The van der Waals surface area contributed by atoms with E-state index in [1.54, 1.807) is 10.8 Å². The number of nitrogens with one attached hydrogen (secondary N) is 1. The molecule has 1 aliphatic rings. The summed E-state index contributed by atoms with van der Waals surface area (Å²) in [5.41, 5.74) is 0. The van der Waals surface area contributed by atoms with E-state index in [4.69, 9.17) is 0 Å². The van der Waals surface area contributed by atoms with Crippen LogP contribution in [0.4, 0.5) is 8.78 Å². The van der Waals surface area contributed by atoms with E-state index >= 15 is 0 Å². The number of ether oxygens (including phenoxy) is 1. The molecule has 2 atom stereocenters. The largest absolute Gasteiger partial charge is 0.497 e. The third kappa shape index (κ3) is 3.69. The molecule has 1 amide bonds. The first-order chi connectivity index (χ1) is 10.8. The van der Waals surface area contributed by atoms with Crippen molar-refractivity contribution in [2.45, 2.75) is 24.7 Å². The van der Waals surface area contributed by atoms with Crippen LogP contribution >= 0.6 is 0 Å². The number of carbonyl (C=O) groups is 1. The summed E-state index contributed by atoms with van der Waals surface area (Å²) >= 11 is 0. The summed E-state index contributed by atoms with van der Waals surface area (Å²) in [6.07, 6.45) is 4.72. The Hall–Kier alpha value is -1.96. The molecule has 2 rings (SSSR count). The first kappa shape index (κ1) is 17.4. The lowest BCUT2D eigenvalue weighted by Gasteiger charge is -2.24. The summed E-state index contributed by atoms with van der Waals surface area (Å²) in [6, 6.07) is 1.49. The highest BCUT2D eigenvalue weighted by molar-refractivity contribution is 7.90. The predicted molar refractivity (Wildman–Crippen MR) is 79.3 cm³/mol. The highest BCUT2D eigenvalue weighted by Crippen LogP contribution is 2.27. The van der Waals surface area contributed by atoms with Crippen LogP contribution in [0.5, 0.6) is 5.75 Å². The summed E-state index contributed by atoms with van der Waals surface area (Å²) in [5.74, 6) is -4.18. The lowest BCUT2D eigenvalue weighted by atomic mass is 9.84. The number of benzene rings is 1. The van der Waals surface area contributed by atoms with Crippen molar-refractivity contribution in [3.63, 3.8) is 0 Å². The van der Waals surface area contributed by atoms with Gasteiger partial charge in [-0.3, -0.25) is 4.79 Å². The van der Waals surface area contributed by atoms with E-state index in [-0.39, 0.29) is 11.7 Å². The standard InChI is InChI=1S/C15H17F2NO4S/c1-9-5-3-4-6-11(9)15(19)18-23(20,21)14-12(16)7-10(22-2)8-13(14)17/h3-4,7-9,11H,5-6H2,1-2H3,(H,18,19)/t9-,11-/m1/s1. The molecule has 0 fully saturated rings. The van der Waals surface area contributed by atoms with Gasteiger partial charge >= 0.3 is 0 Å². The van der Waals surface area contributed by atoms with Gasteiger partial charge in [0.05, 0.1) is 7.11 Å². The van der Waals surface area contributed by atoms with Gasteiger partial charge in [-0.25, -0.2) is 21.9 Å². The average Bonchev–Trinajstić information content (AvgIpc) is 2.45. The molecule has 1 aromatic carbocycles. The summed E-state index contributed by atoms with van der Waals surface area (Å²) in [4.78, 5) is 11.0. The number of sulfonamides is 1. The van der Waals surface area contributed by atoms with Gasteiger partial charge in [0.1, 0.15) is 17.4 Å². The number of hydrogen-bond acceptors (Lipinski definition) is 4. The second kappa shape index (κ2) is 6.66. The van der Waals surface area contributed by atoms with Gasteiger partial charge in [-0.05, 0) is 18.8 Å². The van der Waals surface area contributed by atoms with Gasteiger partial charge in [0.15, 0.2) is 4.90 Å². The molecule has 1 N–H and O–H groups in total. The second-order valence-electron chi connectivity index (χ2n) is 5.42. The van der Waals surface area contributed by atoms with Crippen molar-refractivity contribution in [2.24, 2.45) is 11.8 Å². The third-order valence-corrected chi connectivity index (χ3v) is 5.20. The highest BCUT2D eigenvalue weighted by atomic mass is 32.2. The van der Waals surface area contributed by atoms with E-state index in [1.165, 1.54) is 7.11 Å². The number of carbonyl (C=O) groups excluding carboxylic acids is 1. The molecule has 8 heteroatoms. The van der Waals surface area contributed by atoms with Crippen LogP contribution in [0.15, 0.2) is 29.2 Å². The number of amides is 1. The highest BCUT2D eigenvalue weighted by Gasteiger charge is 2.32. The van der Waals surface area contributed by atoms with Crippen molar-refractivity contribution < 1.29 is 26.7 Å². The molecule has 0 radical (unpaired) electrons. The first-order valence-electron chi connectivity index (χ1n) is 7.01. The fraction of sp³-hybridized carbons (Fsp3) is 0.400. The van der Waals surface area contributed by atoms with Crippen molar-refractivity contribution >= 4 is 15.9 Å². The molecule has 0 saturated heterocycles. The van der Waals surface area contributed by atoms with Crippen LogP contribution < -0.4 is 9.46 Å². The lowest BCUT2D eigenvalue weighted by molar-refractivity contribution is -0.124. The van der Waals surface area contributed by atoms with E-state index in [0.29, 0.717) is 12.8 Å². The summed E-state index contributed by atoms with van der Waals surface area (Å²) in [5, 5.41) is 0. The van der Waals surface area contributed by atoms with E-state index in [2.05, 4.69) is 4.74 Å². The molecule has 1 aliphatic carbocycles. The lowest BCUT2D eigenvalue weighted by Crippen LogP contribution is -2.39. The van der Waals surface area contributed by atoms with Gasteiger partial charge in [-0.1, -0.05) is 19.1 Å². The van der Waals surface area contributed by atoms with Crippen LogP contribution in [-0.4, -0.2) is 21.4 Å². The zero-order valence-corrected chi connectivity index (χ0v) is 13.5. The number of methoxy groups -OCH3 is 1. The minimum atomic E-state index is -4.65. The SMILES string of the molecule is COc1cc(F)c(S(=O)(=O)NC(=O)[C@@H]2CC=CC[C@H]2C)c(F)c1. The number of halogens is 2. The predicted octanol–water partition coefficient (Wildman–Crippen LogP) is 2.38. The zero-order valence-electron chi connectivity index (χ0n) is 12.7. The van der Waals surface area contributed by atoms with E-state index in [9.17, 15) is 22.0 Å². The van der Waals surface area contributed by atoms with Crippen molar-refractivity contribution in [1.29, 1.82) is 0 Å². The number of allylic oxidation sites excluding steroid dienone is 2. The molecule has 126 valence electrons. The average molecular weight is 345 g/mol. The van der Waals surface area contributed by atoms with E-state index < -0.39 is 38.4 Å². The molecular formula is C15H17F2NO4S. The Bertz CT molecular complexity index is 723. The molecule has 0 spiro atoms. The Balaban J connectivity index is 2.29. The molecule has 5 nitrogen and oxygen atoms in total. The van der Waals surface area contributed by atoms with Crippen LogP contribution in [0.1, 0.15) is 19.8 Å². The van der Waals surface area contributed by atoms with Crippen molar-refractivity contribution in [3.05, 3.63) is 35.9 Å². The van der Waals surface area contributed by atoms with Crippen molar-refractivity contribution in [1.82, 2.24) is 4.72 Å². The Labute approximate surface area is 133 Å². The van der Waals surface area contributed by atoms with Crippen LogP contribution in [0.2, 0.25) is 0 Å². The molecular weight excluding hydrogens is 328 g/mol. The maximum atomic E-state index is 13.9. The molecule has 0 aliphatic heterocycles. The Morgan fingerprint density at radius 2 is 1.78 bits per heavy atom. The van der Waals surface area contributed by atoms with Gasteiger partial charge in [0, 0.05) is 18.1 Å². The second-order valence-corrected chi connectivity index (χ2v) is 7.04. The van der Waals surface area contributed by atoms with Gasteiger partial charge in [-0.15, -0.1) is 0 Å². The molecule has 0 aromatic heterocycles. The van der Waals surface area contributed by atoms with Crippen molar-refractivity contribution in [3.8, 4) is 5.75 Å². The van der Waals surface area contributed by atoms with Crippen LogP contribution in [0.25, 0.3) is 0 Å².